The Kier molecular flexibility index (Phi) is 6.99. The Morgan fingerprint density at radius 3 is 1.88 bits per heavy atom. The highest BCUT2D eigenvalue weighted by molar-refractivity contribution is 5.64. The van der Waals surface area contributed by atoms with E-state index in [1.165, 1.54) is 36.4 Å². The first-order valence-corrected chi connectivity index (χ1v) is 8.07. The Labute approximate surface area is 144 Å². The van der Waals surface area contributed by atoms with Gasteiger partial charge in [-0.3, -0.25) is 0 Å². The van der Waals surface area contributed by atoms with Crippen molar-refractivity contribution in [3.8, 4) is 16.9 Å². The van der Waals surface area contributed by atoms with Crippen LogP contribution < -0.4 is 0 Å². The molecule has 0 aliphatic carbocycles. The van der Waals surface area contributed by atoms with E-state index in [9.17, 15) is 22.7 Å². The minimum absolute atomic E-state index is 0.168. The lowest BCUT2D eigenvalue weighted by molar-refractivity contribution is -0.269. The summed E-state index contributed by atoms with van der Waals surface area (Å²) < 4.78 is 52.9. The summed E-state index contributed by atoms with van der Waals surface area (Å²) in [4.78, 5) is 0. The molecule has 2 rings (SSSR count). The highest BCUT2D eigenvalue weighted by Gasteiger charge is 2.54. The molecule has 6 heteroatoms. The maximum atomic E-state index is 13.4. The average Bonchev–Trinajstić information content (AvgIpc) is 2.58. The van der Waals surface area contributed by atoms with Crippen LogP contribution in [0.1, 0.15) is 39.2 Å². The van der Waals surface area contributed by atoms with Crippen molar-refractivity contribution < 1.29 is 27.8 Å². The summed E-state index contributed by atoms with van der Waals surface area (Å²) in [5, 5.41) is 19.2. The zero-order chi connectivity index (χ0) is 19.3. The molecule has 2 aromatic carbocycles. The highest BCUT2D eigenvalue weighted by atomic mass is 19.4. The number of benzene rings is 2. The summed E-state index contributed by atoms with van der Waals surface area (Å²) >= 11 is 0. The Morgan fingerprint density at radius 2 is 1.44 bits per heavy atom. The molecule has 1 atom stereocenters. The second kappa shape index (κ2) is 8.34. The van der Waals surface area contributed by atoms with Gasteiger partial charge in [-0.25, -0.2) is 4.39 Å². The number of aromatic hydroxyl groups is 1. The standard InChI is InChI=1S/C17H16F4O2.C2H6/c1-2-9-16(23,17(19,20)21)13-6-3-11(4-7-13)12-5-8-15(22)14(18)10-12;1-2/h3-8,10,22-23H,2,9H2,1H3;1-2H3. The van der Waals surface area contributed by atoms with Crippen molar-refractivity contribution in [2.75, 3.05) is 0 Å². The molecule has 138 valence electrons. The molecule has 0 aliphatic heterocycles. The third-order valence-electron chi connectivity index (χ3n) is 3.72. The summed E-state index contributed by atoms with van der Waals surface area (Å²) in [6, 6.07) is 8.84. The van der Waals surface area contributed by atoms with E-state index in [0.29, 0.717) is 11.1 Å². The molecule has 2 N–H and O–H groups in total. The molecule has 1 unspecified atom stereocenters. The third kappa shape index (κ3) is 4.51. The molecule has 0 bridgehead atoms. The van der Waals surface area contributed by atoms with Gasteiger partial charge < -0.3 is 10.2 Å². The second-order valence-electron chi connectivity index (χ2n) is 5.35. The topological polar surface area (TPSA) is 40.5 Å². The molecule has 25 heavy (non-hydrogen) atoms. The van der Waals surface area contributed by atoms with E-state index in [0.717, 1.165) is 6.07 Å². The molecule has 2 nitrogen and oxygen atoms in total. The smallest absolute Gasteiger partial charge is 0.421 e. The molecule has 0 saturated heterocycles. The fourth-order valence-electron chi connectivity index (χ4n) is 2.44. The quantitative estimate of drug-likeness (QED) is 0.681. The molecule has 0 amide bonds. The van der Waals surface area contributed by atoms with Gasteiger partial charge in [0.15, 0.2) is 17.2 Å². The number of alkyl halides is 3. The summed E-state index contributed by atoms with van der Waals surface area (Å²) in [6.07, 6.45) is -5.06. The van der Waals surface area contributed by atoms with Gasteiger partial charge in [0, 0.05) is 0 Å². The van der Waals surface area contributed by atoms with Gasteiger partial charge in [0.05, 0.1) is 0 Å². The molecule has 2 aromatic rings. The fraction of sp³-hybridized carbons (Fsp3) is 0.368. The highest BCUT2D eigenvalue weighted by Crippen LogP contribution is 2.42. The number of aliphatic hydroxyl groups is 1. The first kappa shape index (κ1) is 21.0. The molecule has 0 aromatic heterocycles. The van der Waals surface area contributed by atoms with E-state index >= 15 is 0 Å². The van der Waals surface area contributed by atoms with Crippen LogP contribution in [0.15, 0.2) is 42.5 Å². The largest absolute Gasteiger partial charge is 0.505 e. The summed E-state index contributed by atoms with van der Waals surface area (Å²) in [6.45, 7) is 5.56. The number of phenols is 1. The van der Waals surface area contributed by atoms with E-state index < -0.39 is 29.8 Å². The van der Waals surface area contributed by atoms with Crippen molar-refractivity contribution >= 4 is 0 Å². The molecular weight excluding hydrogens is 336 g/mol. The first-order valence-electron chi connectivity index (χ1n) is 8.07. The fourth-order valence-corrected chi connectivity index (χ4v) is 2.44. The van der Waals surface area contributed by atoms with Gasteiger partial charge in [-0.15, -0.1) is 0 Å². The molecule has 0 aliphatic rings. The zero-order valence-corrected chi connectivity index (χ0v) is 14.4. The minimum Gasteiger partial charge on any atom is -0.505 e. The Balaban J connectivity index is 0.00000151. The summed E-state index contributed by atoms with van der Waals surface area (Å²) in [5.41, 5.74) is -2.26. The predicted molar refractivity (Wildman–Crippen MR) is 89.7 cm³/mol. The van der Waals surface area contributed by atoms with Crippen molar-refractivity contribution in [3.63, 3.8) is 0 Å². The first-order chi connectivity index (χ1) is 11.7. The molecule has 0 radical (unpaired) electrons. The van der Waals surface area contributed by atoms with E-state index in [4.69, 9.17) is 5.11 Å². The van der Waals surface area contributed by atoms with E-state index in [1.54, 1.807) is 6.92 Å². The summed E-state index contributed by atoms with van der Waals surface area (Å²) in [5.74, 6) is -1.32. The number of rotatable bonds is 4. The van der Waals surface area contributed by atoms with Crippen molar-refractivity contribution in [1.82, 2.24) is 0 Å². The van der Waals surface area contributed by atoms with E-state index in [-0.39, 0.29) is 12.0 Å². The molecule has 0 fully saturated rings. The number of halogens is 4. The van der Waals surface area contributed by atoms with Crippen molar-refractivity contribution in [3.05, 3.63) is 53.8 Å². The second-order valence-corrected chi connectivity index (χ2v) is 5.35. The van der Waals surface area contributed by atoms with Crippen LogP contribution in [0.3, 0.4) is 0 Å². The Bertz CT molecular complexity index is 681. The maximum Gasteiger partial charge on any atom is 0.421 e. The van der Waals surface area contributed by atoms with Crippen LogP contribution in [-0.2, 0) is 5.60 Å². The number of hydrogen-bond acceptors (Lipinski definition) is 2. The SMILES string of the molecule is CC.CCCC(O)(c1ccc(-c2ccc(O)c(F)c2)cc1)C(F)(F)F. The van der Waals surface area contributed by atoms with E-state index in [2.05, 4.69) is 0 Å². The Hall–Kier alpha value is -2.08. The van der Waals surface area contributed by atoms with Crippen LogP contribution >= 0.6 is 0 Å². The van der Waals surface area contributed by atoms with Gasteiger partial charge in [-0.2, -0.15) is 13.2 Å². The molecule has 0 saturated carbocycles. The van der Waals surface area contributed by atoms with Crippen molar-refractivity contribution in [2.24, 2.45) is 0 Å². The zero-order valence-electron chi connectivity index (χ0n) is 14.4. The monoisotopic (exact) mass is 358 g/mol. The van der Waals surface area contributed by atoms with Crippen molar-refractivity contribution in [1.29, 1.82) is 0 Å². The van der Waals surface area contributed by atoms with Crippen LogP contribution in [0.4, 0.5) is 17.6 Å². The molecule has 0 heterocycles. The lowest BCUT2D eigenvalue weighted by Crippen LogP contribution is -2.42. The van der Waals surface area contributed by atoms with Gasteiger partial charge in [0.2, 0.25) is 0 Å². The average molecular weight is 358 g/mol. The van der Waals surface area contributed by atoms with Crippen LogP contribution in [0.25, 0.3) is 11.1 Å². The predicted octanol–water partition coefficient (Wildman–Crippen LogP) is 5.77. The normalized spacial score (nSPS) is 13.6. The number of phenolic OH excluding ortho intramolecular Hbond substituents is 1. The van der Waals surface area contributed by atoms with Crippen LogP contribution in [-0.4, -0.2) is 16.4 Å². The van der Waals surface area contributed by atoms with Crippen LogP contribution in [0.5, 0.6) is 5.75 Å². The van der Waals surface area contributed by atoms with Gasteiger partial charge in [-0.1, -0.05) is 57.5 Å². The van der Waals surface area contributed by atoms with E-state index in [1.807, 2.05) is 13.8 Å². The lowest BCUT2D eigenvalue weighted by Gasteiger charge is -2.30. The van der Waals surface area contributed by atoms with Crippen LogP contribution in [0.2, 0.25) is 0 Å². The third-order valence-corrected chi connectivity index (χ3v) is 3.72. The van der Waals surface area contributed by atoms with Crippen molar-refractivity contribution in [2.45, 2.75) is 45.4 Å². The van der Waals surface area contributed by atoms with Gasteiger partial charge in [-0.05, 0) is 35.2 Å². The number of hydrogen-bond donors (Lipinski definition) is 2. The molecule has 0 spiro atoms. The van der Waals surface area contributed by atoms with Gasteiger partial charge in [0.25, 0.3) is 0 Å². The van der Waals surface area contributed by atoms with Crippen LogP contribution in [0, 0.1) is 5.82 Å². The molecular formula is C19H22F4O2. The van der Waals surface area contributed by atoms with Gasteiger partial charge in [0.1, 0.15) is 0 Å². The van der Waals surface area contributed by atoms with Gasteiger partial charge >= 0.3 is 6.18 Å². The summed E-state index contributed by atoms with van der Waals surface area (Å²) in [7, 11) is 0. The Morgan fingerprint density at radius 1 is 0.920 bits per heavy atom. The minimum atomic E-state index is -4.78. The lowest BCUT2D eigenvalue weighted by atomic mass is 9.87. The maximum absolute atomic E-state index is 13.4.